The first-order valence-electron chi connectivity index (χ1n) is 5.98. The Labute approximate surface area is 124 Å². The van der Waals surface area contributed by atoms with E-state index in [2.05, 4.69) is 20.8 Å². The van der Waals surface area contributed by atoms with E-state index in [0.717, 1.165) is 0 Å². The number of carbonyl (C=O) groups is 2. The molecule has 0 aliphatic rings. The van der Waals surface area contributed by atoms with E-state index in [0.29, 0.717) is 10.7 Å². The minimum absolute atomic E-state index is 0.0845. The smallest absolute Gasteiger partial charge is 0.230 e. The van der Waals surface area contributed by atoms with E-state index in [4.69, 9.17) is 0 Å². The second-order valence-corrected chi connectivity index (χ2v) is 5.08. The third-order valence-electron chi connectivity index (χ3n) is 2.57. The first kappa shape index (κ1) is 15.0. The van der Waals surface area contributed by atoms with E-state index in [1.54, 1.807) is 19.2 Å². The maximum Gasteiger partial charge on any atom is 0.230 e. The number of aryl methyl sites for hydroxylation is 1. The number of aromatic carboxylic acids is 1. The molecule has 0 aliphatic carbocycles. The van der Waals surface area contributed by atoms with E-state index >= 15 is 0 Å². The van der Waals surface area contributed by atoms with Crippen molar-refractivity contribution in [1.82, 2.24) is 25.5 Å². The van der Waals surface area contributed by atoms with Gasteiger partial charge in [0.1, 0.15) is 0 Å². The summed E-state index contributed by atoms with van der Waals surface area (Å²) in [4.78, 5) is 22.4. The fourth-order valence-corrected chi connectivity index (χ4v) is 2.21. The average Bonchev–Trinajstić information content (AvgIpc) is 2.88. The van der Waals surface area contributed by atoms with Gasteiger partial charge in [0.15, 0.2) is 0 Å². The Hall–Kier alpha value is -2.42. The summed E-state index contributed by atoms with van der Waals surface area (Å²) in [6.07, 6.45) is 0. The molecule has 0 saturated heterocycles. The number of aromatic nitrogens is 4. The van der Waals surface area contributed by atoms with Gasteiger partial charge in [0.05, 0.1) is 11.7 Å². The van der Waals surface area contributed by atoms with E-state index in [9.17, 15) is 14.7 Å². The number of nitrogens with one attached hydrogen (secondary N) is 1. The molecule has 0 fully saturated rings. The van der Waals surface area contributed by atoms with Crippen molar-refractivity contribution in [2.75, 3.05) is 5.75 Å². The second-order valence-electron chi connectivity index (χ2n) is 4.14. The molecule has 2 rings (SSSR count). The number of carboxylic acid groups (broad SMARTS) is 1. The van der Waals surface area contributed by atoms with Crippen LogP contribution >= 0.6 is 11.8 Å². The van der Waals surface area contributed by atoms with Crippen LogP contribution in [0, 0.1) is 0 Å². The van der Waals surface area contributed by atoms with Crippen LogP contribution in [0.1, 0.15) is 15.9 Å². The Kier molecular flexibility index (Phi) is 4.88. The molecule has 1 amide bonds. The Balaban J connectivity index is 1.82. The summed E-state index contributed by atoms with van der Waals surface area (Å²) >= 11 is 1.22. The van der Waals surface area contributed by atoms with Crippen LogP contribution < -0.4 is 10.4 Å². The lowest BCUT2D eigenvalue weighted by molar-refractivity contribution is -0.255. The van der Waals surface area contributed by atoms with Crippen LogP contribution in [0.4, 0.5) is 0 Å². The Morgan fingerprint density at radius 1 is 1.43 bits per heavy atom. The van der Waals surface area contributed by atoms with Gasteiger partial charge in [0.2, 0.25) is 11.1 Å². The number of hydrogen-bond acceptors (Lipinski definition) is 7. The average molecular weight is 306 g/mol. The lowest BCUT2D eigenvalue weighted by Gasteiger charge is -2.07. The van der Waals surface area contributed by atoms with Crippen molar-refractivity contribution in [3.05, 3.63) is 35.4 Å². The monoisotopic (exact) mass is 306 g/mol. The minimum Gasteiger partial charge on any atom is -0.545 e. The van der Waals surface area contributed by atoms with Crippen molar-refractivity contribution in [2.24, 2.45) is 7.05 Å². The van der Waals surface area contributed by atoms with E-state index in [-0.39, 0.29) is 23.8 Å². The van der Waals surface area contributed by atoms with Crippen molar-refractivity contribution in [3.63, 3.8) is 0 Å². The Bertz CT molecular complexity index is 658. The molecule has 1 N–H and O–H groups in total. The van der Waals surface area contributed by atoms with Crippen LogP contribution in [-0.2, 0) is 18.4 Å². The van der Waals surface area contributed by atoms with Gasteiger partial charge in [-0.1, -0.05) is 30.0 Å². The lowest BCUT2D eigenvalue weighted by atomic mass is 10.1. The number of nitrogens with zero attached hydrogens (tertiary/aromatic N) is 4. The maximum absolute atomic E-state index is 11.7. The lowest BCUT2D eigenvalue weighted by Crippen LogP contribution is -2.25. The van der Waals surface area contributed by atoms with Gasteiger partial charge in [0, 0.05) is 13.6 Å². The minimum atomic E-state index is -1.24. The molecular weight excluding hydrogens is 294 g/mol. The number of carbonyl (C=O) groups excluding carboxylic acids is 2. The highest BCUT2D eigenvalue weighted by Crippen LogP contribution is 2.11. The normalized spacial score (nSPS) is 10.3. The van der Waals surface area contributed by atoms with E-state index in [1.165, 1.54) is 28.6 Å². The SMILES string of the molecule is Cn1nnnc1SCC(=O)NCc1cccc(C(=O)[O-])c1. The molecule has 0 aliphatic heterocycles. The molecule has 0 spiro atoms. The third kappa shape index (κ3) is 4.28. The molecule has 2 aromatic rings. The van der Waals surface area contributed by atoms with E-state index < -0.39 is 5.97 Å². The van der Waals surface area contributed by atoms with E-state index in [1.807, 2.05) is 0 Å². The molecular formula is C12H12N5O3S-. The molecule has 21 heavy (non-hydrogen) atoms. The van der Waals surface area contributed by atoms with Gasteiger partial charge in [-0.3, -0.25) is 4.79 Å². The number of hydrogen-bond donors (Lipinski definition) is 1. The highest BCUT2D eigenvalue weighted by atomic mass is 32.2. The molecule has 0 atom stereocenters. The third-order valence-corrected chi connectivity index (χ3v) is 3.58. The molecule has 1 aromatic heterocycles. The van der Waals surface area contributed by atoms with Gasteiger partial charge in [-0.15, -0.1) is 5.10 Å². The molecule has 0 unspecified atom stereocenters. The first-order chi connectivity index (χ1) is 10.1. The van der Waals surface area contributed by atoms with Crippen LogP contribution in [0.2, 0.25) is 0 Å². The number of carboxylic acids is 1. The zero-order valence-electron chi connectivity index (χ0n) is 11.1. The van der Waals surface area contributed by atoms with Crippen LogP contribution in [0.3, 0.4) is 0 Å². The quantitative estimate of drug-likeness (QED) is 0.680. The summed E-state index contributed by atoms with van der Waals surface area (Å²) in [6.45, 7) is 0.248. The molecule has 0 saturated carbocycles. The number of amides is 1. The van der Waals surface area contributed by atoms with Crippen molar-refractivity contribution < 1.29 is 14.7 Å². The molecule has 1 aromatic carbocycles. The van der Waals surface area contributed by atoms with Crippen LogP contribution in [0.25, 0.3) is 0 Å². The summed E-state index contributed by atoms with van der Waals surface area (Å²) < 4.78 is 1.47. The fourth-order valence-electron chi connectivity index (χ4n) is 1.53. The predicted molar refractivity (Wildman–Crippen MR) is 72.1 cm³/mol. The molecule has 9 heteroatoms. The van der Waals surface area contributed by atoms with Crippen molar-refractivity contribution in [2.45, 2.75) is 11.7 Å². The standard InChI is InChI=1S/C12H13N5O3S/c1-17-12(14-15-16-17)21-7-10(18)13-6-8-3-2-4-9(5-8)11(19)20/h2-5H,6-7H2,1H3,(H,13,18)(H,19,20)/p-1. The van der Waals surface area contributed by atoms with Crippen molar-refractivity contribution in [3.8, 4) is 0 Å². The van der Waals surface area contributed by atoms with Gasteiger partial charge in [0.25, 0.3) is 0 Å². The highest BCUT2D eigenvalue weighted by Gasteiger charge is 2.07. The largest absolute Gasteiger partial charge is 0.545 e. The highest BCUT2D eigenvalue weighted by molar-refractivity contribution is 7.99. The Morgan fingerprint density at radius 2 is 2.24 bits per heavy atom. The van der Waals surface area contributed by atoms with Gasteiger partial charge in [-0.05, 0) is 27.6 Å². The van der Waals surface area contributed by atoms with Gasteiger partial charge in [-0.2, -0.15) is 0 Å². The summed E-state index contributed by atoms with van der Waals surface area (Å²) in [5.74, 6) is -1.26. The Morgan fingerprint density at radius 3 is 2.90 bits per heavy atom. The summed E-state index contributed by atoms with van der Waals surface area (Å²) in [5, 5.41) is 24.8. The zero-order valence-corrected chi connectivity index (χ0v) is 12.0. The molecule has 0 bridgehead atoms. The van der Waals surface area contributed by atoms with Crippen LogP contribution in [-0.4, -0.2) is 37.8 Å². The van der Waals surface area contributed by atoms with Gasteiger partial charge < -0.3 is 15.2 Å². The number of benzene rings is 1. The summed E-state index contributed by atoms with van der Waals surface area (Å²) in [5.41, 5.74) is 0.775. The maximum atomic E-state index is 11.7. The van der Waals surface area contributed by atoms with Crippen LogP contribution in [0.5, 0.6) is 0 Å². The van der Waals surface area contributed by atoms with Crippen molar-refractivity contribution in [1.29, 1.82) is 0 Å². The number of thioether (sulfide) groups is 1. The number of rotatable bonds is 6. The molecule has 1 heterocycles. The first-order valence-corrected chi connectivity index (χ1v) is 6.97. The zero-order chi connectivity index (χ0) is 15.2. The van der Waals surface area contributed by atoms with Crippen LogP contribution in [0.15, 0.2) is 29.4 Å². The predicted octanol–water partition coefficient (Wildman–Crippen LogP) is -1.02. The second kappa shape index (κ2) is 6.84. The summed E-state index contributed by atoms with van der Waals surface area (Å²) in [7, 11) is 1.69. The fraction of sp³-hybridized carbons (Fsp3) is 0.250. The topological polar surface area (TPSA) is 113 Å². The molecule has 110 valence electrons. The van der Waals surface area contributed by atoms with Gasteiger partial charge >= 0.3 is 0 Å². The molecule has 0 radical (unpaired) electrons. The van der Waals surface area contributed by atoms with Crippen molar-refractivity contribution >= 4 is 23.6 Å². The summed E-state index contributed by atoms with van der Waals surface area (Å²) in [6, 6.07) is 6.24. The molecule has 8 nitrogen and oxygen atoms in total. The number of tetrazole rings is 1. The van der Waals surface area contributed by atoms with Gasteiger partial charge in [-0.25, -0.2) is 4.68 Å².